The highest BCUT2D eigenvalue weighted by molar-refractivity contribution is 5.75. The quantitative estimate of drug-likeness (QED) is 0.586. The van der Waals surface area contributed by atoms with E-state index in [0.717, 1.165) is 11.8 Å². The Morgan fingerprint density at radius 1 is 1.33 bits per heavy atom. The van der Waals surface area contributed by atoms with Crippen molar-refractivity contribution in [2.45, 2.75) is 52.0 Å². The maximum Gasteiger partial charge on any atom is 0.413 e. The van der Waals surface area contributed by atoms with Crippen LogP contribution in [-0.2, 0) is 9.47 Å². The van der Waals surface area contributed by atoms with E-state index in [1.807, 2.05) is 34.6 Å². The molecule has 1 heterocycles. The molecule has 0 N–H and O–H groups in total. The molecule has 5 nitrogen and oxygen atoms in total. The lowest BCUT2D eigenvalue weighted by Gasteiger charge is -2.33. The predicted octanol–water partition coefficient (Wildman–Crippen LogP) is 3.22. The van der Waals surface area contributed by atoms with Crippen LogP contribution in [0, 0.1) is 11.8 Å². The monoisotopic (exact) mass is 329 g/mol. The first-order valence-electron chi connectivity index (χ1n) is 7.85. The van der Waals surface area contributed by atoms with Crippen LogP contribution in [0.3, 0.4) is 0 Å². The summed E-state index contributed by atoms with van der Waals surface area (Å²) in [7, 11) is 0. The molecule has 1 unspecified atom stereocenters. The van der Waals surface area contributed by atoms with Crippen molar-refractivity contribution in [2.24, 2.45) is 0 Å². The summed E-state index contributed by atoms with van der Waals surface area (Å²) in [5.41, 5.74) is 0.0114. The normalized spacial score (nSPS) is 19.4. The lowest BCUT2D eigenvalue weighted by molar-refractivity contribution is -0.0608. The van der Waals surface area contributed by atoms with E-state index in [1.165, 1.54) is 4.90 Å². The zero-order valence-electron chi connectivity index (χ0n) is 14.8. The van der Waals surface area contributed by atoms with Gasteiger partial charge in [-0.15, -0.1) is 0 Å². The van der Waals surface area contributed by atoms with Crippen LogP contribution >= 0.6 is 0 Å². The molecule has 0 radical (unpaired) electrons. The third-order valence-electron chi connectivity index (χ3n) is 3.51. The molecule has 0 spiro atoms. The van der Waals surface area contributed by atoms with Crippen LogP contribution in [0.1, 0.15) is 50.5 Å². The molecule has 1 fully saturated rings. The zero-order chi connectivity index (χ0) is 18.0. The molecular weight excluding hydrogens is 306 g/mol. The average molecular weight is 329 g/mol. The number of hydrogen-bond acceptors (Lipinski definition) is 4. The van der Waals surface area contributed by atoms with Gasteiger partial charge in [0.15, 0.2) is 0 Å². The third kappa shape index (κ3) is 4.36. The molecule has 0 aromatic heterocycles. The van der Waals surface area contributed by atoms with Crippen LogP contribution in [0.5, 0.6) is 0 Å². The molecular formula is C19H23NO4. The maximum atomic E-state index is 12.5. The highest BCUT2D eigenvalue weighted by Gasteiger charge is 2.45. The molecule has 0 saturated carbocycles. The highest BCUT2D eigenvalue weighted by Crippen LogP contribution is 2.29. The number of aldehydes is 1. The van der Waals surface area contributed by atoms with Gasteiger partial charge in [-0.25, -0.2) is 4.79 Å². The number of ether oxygens (including phenoxy) is 2. The second-order valence-corrected chi connectivity index (χ2v) is 7.13. The number of rotatable bonds is 1. The minimum atomic E-state index is -0.775. The van der Waals surface area contributed by atoms with Gasteiger partial charge in [0.05, 0.1) is 6.61 Å². The van der Waals surface area contributed by atoms with E-state index in [2.05, 4.69) is 11.8 Å². The van der Waals surface area contributed by atoms with Gasteiger partial charge in [-0.3, -0.25) is 9.69 Å². The first-order valence-corrected chi connectivity index (χ1v) is 7.85. The fourth-order valence-corrected chi connectivity index (χ4v) is 2.38. The molecule has 128 valence electrons. The Morgan fingerprint density at radius 3 is 2.50 bits per heavy atom. The number of hydrogen-bond donors (Lipinski definition) is 0. The minimum Gasteiger partial charge on any atom is -0.444 e. The minimum absolute atomic E-state index is 0.325. The van der Waals surface area contributed by atoms with Crippen molar-refractivity contribution in [3.05, 3.63) is 35.4 Å². The molecule has 1 aromatic carbocycles. The molecule has 1 aromatic rings. The van der Waals surface area contributed by atoms with Crippen molar-refractivity contribution in [1.29, 1.82) is 0 Å². The fourth-order valence-electron chi connectivity index (χ4n) is 2.38. The van der Waals surface area contributed by atoms with E-state index in [9.17, 15) is 9.59 Å². The Labute approximate surface area is 142 Å². The summed E-state index contributed by atoms with van der Waals surface area (Å²) in [6.07, 6.45) is 0.343. The fraction of sp³-hybridized carbons (Fsp3) is 0.474. The molecule has 24 heavy (non-hydrogen) atoms. The second kappa shape index (κ2) is 6.66. The Kier molecular flexibility index (Phi) is 5.00. The molecule has 0 aliphatic carbocycles. The Hall–Kier alpha value is -2.32. The van der Waals surface area contributed by atoms with Crippen LogP contribution in [0.2, 0.25) is 0 Å². The van der Waals surface area contributed by atoms with E-state index in [1.54, 1.807) is 24.3 Å². The van der Waals surface area contributed by atoms with Crippen molar-refractivity contribution in [1.82, 2.24) is 4.90 Å². The smallest absolute Gasteiger partial charge is 0.413 e. The van der Waals surface area contributed by atoms with Crippen LogP contribution in [0.4, 0.5) is 4.79 Å². The van der Waals surface area contributed by atoms with Crippen LogP contribution < -0.4 is 0 Å². The molecule has 1 saturated heterocycles. The number of amides is 1. The summed E-state index contributed by atoms with van der Waals surface area (Å²) < 4.78 is 11.2. The van der Waals surface area contributed by atoms with Gasteiger partial charge in [-0.1, -0.05) is 24.0 Å². The van der Waals surface area contributed by atoms with Crippen LogP contribution in [-0.4, -0.2) is 41.3 Å². The first kappa shape index (κ1) is 18.0. The van der Waals surface area contributed by atoms with Gasteiger partial charge < -0.3 is 9.47 Å². The number of carbonyl (C=O) groups is 2. The van der Waals surface area contributed by atoms with Gasteiger partial charge in [0, 0.05) is 11.1 Å². The van der Waals surface area contributed by atoms with Crippen LogP contribution in [0.15, 0.2) is 24.3 Å². The van der Waals surface area contributed by atoms with Crippen molar-refractivity contribution >= 4 is 12.4 Å². The topological polar surface area (TPSA) is 55.8 Å². The molecule has 2 rings (SSSR count). The molecule has 0 bridgehead atoms. The van der Waals surface area contributed by atoms with Gasteiger partial charge in [0.25, 0.3) is 0 Å². The summed E-state index contributed by atoms with van der Waals surface area (Å²) in [6, 6.07) is 6.57. The molecule has 5 heteroatoms. The SMILES string of the molecule is CC(C)(C)OC(=O)N1C(C#Cc2ccc(C=O)cc2)COC1(C)C. The van der Waals surface area contributed by atoms with Crippen molar-refractivity contribution in [3.8, 4) is 11.8 Å². The average Bonchev–Trinajstić information content (AvgIpc) is 2.78. The Bertz CT molecular complexity index is 674. The standard InChI is InChI=1S/C19H23NO4/c1-18(2,3)24-17(22)20-16(13-23-19(20,4)5)11-10-14-6-8-15(12-21)9-7-14/h6-9,12,16H,13H2,1-5H3. The van der Waals surface area contributed by atoms with E-state index in [4.69, 9.17) is 9.47 Å². The Morgan fingerprint density at radius 2 is 1.96 bits per heavy atom. The lowest BCUT2D eigenvalue weighted by Crippen LogP contribution is -2.49. The van der Waals surface area contributed by atoms with Crippen molar-refractivity contribution in [3.63, 3.8) is 0 Å². The van der Waals surface area contributed by atoms with Gasteiger partial charge in [-0.2, -0.15) is 0 Å². The van der Waals surface area contributed by atoms with Gasteiger partial charge >= 0.3 is 6.09 Å². The predicted molar refractivity (Wildman–Crippen MR) is 90.6 cm³/mol. The summed E-state index contributed by atoms with van der Waals surface area (Å²) in [5.74, 6) is 6.10. The zero-order valence-corrected chi connectivity index (χ0v) is 14.8. The van der Waals surface area contributed by atoms with Gasteiger partial charge in [-0.05, 0) is 46.8 Å². The molecule has 1 aliphatic rings. The number of nitrogens with zero attached hydrogens (tertiary/aromatic N) is 1. The summed E-state index contributed by atoms with van der Waals surface area (Å²) >= 11 is 0. The van der Waals surface area contributed by atoms with E-state index in [-0.39, 0.29) is 6.04 Å². The van der Waals surface area contributed by atoms with E-state index >= 15 is 0 Å². The summed E-state index contributed by atoms with van der Waals surface area (Å²) in [4.78, 5) is 24.7. The van der Waals surface area contributed by atoms with Crippen LogP contribution in [0.25, 0.3) is 0 Å². The number of carbonyl (C=O) groups excluding carboxylic acids is 2. The lowest BCUT2D eigenvalue weighted by atomic mass is 10.1. The van der Waals surface area contributed by atoms with Crippen molar-refractivity contribution < 1.29 is 19.1 Å². The second-order valence-electron chi connectivity index (χ2n) is 7.13. The summed E-state index contributed by atoms with van der Waals surface area (Å²) in [5, 5.41) is 0. The van der Waals surface area contributed by atoms with Crippen molar-refractivity contribution in [2.75, 3.05) is 6.61 Å². The summed E-state index contributed by atoms with van der Waals surface area (Å²) in [6.45, 7) is 9.43. The van der Waals surface area contributed by atoms with Gasteiger partial charge in [0.1, 0.15) is 23.7 Å². The molecule has 1 atom stereocenters. The molecule has 1 amide bonds. The highest BCUT2D eigenvalue weighted by atomic mass is 16.6. The third-order valence-corrected chi connectivity index (χ3v) is 3.51. The van der Waals surface area contributed by atoms with E-state index in [0.29, 0.717) is 12.2 Å². The Balaban J connectivity index is 2.20. The first-order chi connectivity index (χ1) is 11.1. The number of benzene rings is 1. The van der Waals surface area contributed by atoms with E-state index < -0.39 is 17.4 Å². The van der Waals surface area contributed by atoms with Gasteiger partial charge in [0.2, 0.25) is 0 Å². The molecule has 1 aliphatic heterocycles. The largest absolute Gasteiger partial charge is 0.444 e. The maximum absolute atomic E-state index is 12.5.